The lowest BCUT2D eigenvalue weighted by atomic mass is 10.0. The van der Waals surface area contributed by atoms with Gasteiger partial charge in [-0.1, -0.05) is 48.2 Å². The molecule has 35 heavy (non-hydrogen) atoms. The smallest absolute Gasteiger partial charge is 0.262 e. The minimum absolute atomic E-state index is 0.0368. The van der Waals surface area contributed by atoms with Gasteiger partial charge in [0.05, 0.1) is 23.2 Å². The van der Waals surface area contributed by atoms with Crippen molar-refractivity contribution >= 4 is 51.5 Å². The number of ether oxygens (including phenoxy) is 1. The number of amides is 2. The Balaban J connectivity index is 1.28. The summed E-state index contributed by atoms with van der Waals surface area (Å²) < 4.78 is 5.43. The van der Waals surface area contributed by atoms with Gasteiger partial charge in [0.25, 0.3) is 5.91 Å². The van der Waals surface area contributed by atoms with Crippen LogP contribution in [0.15, 0.2) is 82.2 Å². The van der Waals surface area contributed by atoms with Crippen molar-refractivity contribution in [1.29, 1.82) is 0 Å². The van der Waals surface area contributed by atoms with E-state index >= 15 is 0 Å². The molecule has 0 saturated carbocycles. The summed E-state index contributed by atoms with van der Waals surface area (Å²) >= 11 is 2.95. The van der Waals surface area contributed by atoms with E-state index in [-0.39, 0.29) is 24.3 Å². The van der Waals surface area contributed by atoms with E-state index < -0.39 is 5.25 Å². The molecule has 7 nitrogen and oxygen atoms in total. The highest BCUT2D eigenvalue weighted by Gasteiger charge is 2.39. The van der Waals surface area contributed by atoms with Crippen LogP contribution in [0.5, 0.6) is 5.75 Å². The van der Waals surface area contributed by atoms with Crippen molar-refractivity contribution in [3.63, 3.8) is 0 Å². The Morgan fingerprint density at radius 2 is 1.91 bits per heavy atom. The molecule has 9 heteroatoms. The molecule has 0 spiro atoms. The van der Waals surface area contributed by atoms with Gasteiger partial charge in [-0.15, -0.1) is 11.3 Å². The monoisotopic (exact) mass is 504 g/mol. The third-order valence-corrected chi connectivity index (χ3v) is 7.71. The van der Waals surface area contributed by atoms with Gasteiger partial charge in [0.1, 0.15) is 11.0 Å². The van der Waals surface area contributed by atoms with Crippen molar-refractivity contribution in [3.05, 3.63) is 82.6 Å². The third-order valence-electron chi connectivity index (χ3n) is 5.65. The van der Waals surface area contributed by atoms with Crippen LogP contribution in [0.3, 0.4) is 0 Å². The van der Waals surface area contributed by atoms with Gasteiger partial charge in [-0.2, -0.15) is 10.1 Å². The predicted octanol–water partition coefficient (Wildman–Crippen LogP) is 5.32. The lowest BCUT2D eigenvalue weighted by Crippen LogP contribution is -2.25. The molecule has 0 saturated heterocycles. The van der Waals surface area contributed by atoms with Gasteiger partial charge in [-0.3, -0.25) is 9.59 Å². The van der Waals surface area contributed by atoms with Crippen LogP contribution < -0.4 is 10.1 Å². The summed E-state index contributed by atoms with van der Waals surface area (Å²) in [6, 6.07) is 21.3. The lowest BCUT2D eigenvalue weighted by Gasteiger charge is -2.23. The molecular weight excluding hydrogens is 480 g/mol. The Labute approximate surface area is 211 Å². The molecule has 5 rings (SSSR count). The van der Waals surface area contributed by atoms with Crippen LogP contribution >= 0.6 is 23.1 Å². The maximum atomic E-state index is 12.7. The second-order valence-corrected chi connectivity index (χ2v) is 10.2. The molecule has 1 aromatic heterocycles. The summed E-state index contributed by atoms with van der Waals surface area (Å²) in [7, 11) is 0. The number of carbonyl (C=O) groups is 2. The van der Waals surface area contributed by atoms with E-state index in [9.17, 15) is 9.59 Å². The molecule has 3 heterocycles. The maximum Gasteiger partial charge on any atom is 0.262 e. The largest absolute Gasteiger partial charge is 0.494 e. The number of nitrogens with one attached hydrogen (secondary N) is 1. The number of rotatable bonds is 7. The van der Waals surface area contributed by atoms with E-state index in [4.69, 9.17) is 9.84 Å². The number of hydrogen-bond donors (Lipinski definition) is 1. The topological polar surface area (TPSA) is 83.4 Å². The second-order valence-electron chi connectivity index (χ2n) is 8.05. The summed E-state index contributed by atoms with van der Waals surface area (Å²) in [5.41, 5.74) is 2.74. The quantitative estimate of drug-likeness (QED) is 0.471. The normalized spacial score (nSPS) is 19.5. The first-order valence-corrected chi connectivity index (χ1v) is 13.1. The van der Waals surface area contributed by atoms with Crippen molar-refractivity contribution in [3.8, 4) is 5.75 Å². The van der Waals surface area contributed by atoms with Crippen molar-refractivity contribution in [1.82, 2.24) is 5.01 Å². The van der Waals surface area contributed by atoms with Crippen molar-refractivity contribution in [2.24, 2.45) is 10.1 Å². The Kier molecular flexibility index (Phi) is 6.96. The van der Waals surface area contributed by atoms with E-state index in [1.807, 2.05) is 41.6 Å². The van der Waals surface area contributed by atoms with E-state index in [1.54, 1.807) is 35.6 Å². The van der Waals surface area contributed by atoms with E-state index in [2.05, 4.69) is 28.5 Å². The number of hydrogen-bond acceptors (Lipinski definition) is 7. The standard InChI is InChI=1S/C26H24N4O3S2/c1-2-33-19-12-10-18(11-13-19)27-24(31)16-23-25(32)28-26(35-23)30-21(17-7-4-3-5-8-17)15-20(29-30)22-9-6-14-34-22/h3-14,21,23H,2,15-16H2,1H3,(H,27,31). The Bertz CT molecular complexity index is 1260. The average molecular weight is 505 g/mol. The molecule has 2 amide bonds. The van der Waals surface area contributed by atoms with Crippen molar-refractivity contribution in [2.45, 2.75) is 31.1 Å². The van der Waals surface area contributed by atoms with Crippen LogP contribution in [-0.4, -0.2) is 39.6 Å². The maximum absolute atomic E-state index is 12.7. The number of thiophene rings is 1. The first kappa shape index (κ1) is 23.3. The molecule has 2 aromatic carbocycles. The number of anilines is 1. The molecule has 0 aliphatic carbocycles. The predicted molar refractivity (Wildman–Crippen MR) is 141 cm³/mol. The number of hydrazone groups is 1. The summed E-state index contributed by atoms with van der Waals surface area (Å²) in [5.74, 6) is 0.199. The zero-order chi connectivity index (χ0) is 24.2. The van der Waals surface area contributed by atoms with Gasteiger partial charge in [0.15, 0.2) is 5.17 Å². The van der Waals surface area contributed by atoms with Gasteiger partial charge in [0, 0.05) is 18.5 Å². The van der Waals surface area contributed by atoms with Gasteiger partial charge in [0.2, 0.25) is 5.91 Å². The van der Waals surface area contributed by atoms with Crippen molar-refractivity contribution < 1.29 is 14.3 Å². The molecule has 3 aromatic rings. The highest BCUT2D eigenvalue weighted by molar-refractivity contribution is 8.15. The minimum atomic E-state index is -0.579. The van der Waals surface area contributed by atoms with Crippen LogP contribution in [-0.2, 0) is 9.59 Å². The van der Waals surface area contributed by atoms with Crippen LogP contribution in [0.4, 0.5) is 5.69 Å². The zero-order valence-corrected chi connectivity index (χ0v) is 20.7. The Morgan fingerprint density at radius 3 is 2.63 bits per heavy atom. The Morgan fingerprint density at radius 1 is 1.11 bits per heavy atom. The Hall–Kier alpha value is -3.43. The summed E-state index contributed by atoms with van der Waals surface area (Å²) in [5, 5.41) is 11.5. The van der Waals surface area contributed by atoms with Gasteiger partial charge < -0.3 is 10.1 Å². The van der Waals surface area contributed by atoms with Crippen LogP contribution in [0.25, 0.3) is 0 Å². The number of aliphatic imine (C=N–C) groups is 1. The van der Waals surface area contributed by atoms with E-state index in [0.717, 1.165) is 28.3 Å². The van der Waals surface area contributed by atoms with Gasteiger partial charge >= 0.3 is 0 Å². The van der Waals surface area contributed by atoms with E-state index in [1.165, 1.54) is 11.8 Å². The number of amidine groups is 1. The molecular formula is C26H24N4O3S2. The second kappa shape index (κ2) is 10.5. The SMILES string of the molecule is CCOc1ccc(NC(=O)CC2SC(N3N=C(c4cccs4)CC3c3ccccc3)=NC2=O)cc1. The fourth-order valence-electron chi connectivity index (χ4n) is 4.00. The molecule has 2 aliphatic rings. The van der Waals surface area contributed by atoms with Crippen LogP contribution in [0.1, 0.15) is 36.2 Å². The summed E-state index contributed by atoms with van der Waals surface area (Å²) in [4.78, 5) is 30.8. The number of benzene rings is 2. The van der Waals surface area contributed by atoms with E-state index in [0.29, 0.717) is 17.5 Å². The number of nitrogens with zero attached hydrogens (tertiary/aromatic N) is 3. The van der Waals surface area contributed by atoms with Crippen LogP contribution in [0, 0.1) is 0 Å². The minimum Gasteiger partial charge on any atom is -0.494 e. The highest BCUT2D eigenvalue weighted by atomic mass is 32.2. The number of thioether (sulfide) groups is 1. The van der Waals surface area contributed by atoms with Crippen LogP contribution in [0.2, 0.25) is 0 Å². The summed E-state index contributed by atoms with van der Waals surface area (Å²) in [6.45, 7) is 2.50. The molecule has 178 valence electrons. The lowest BCUT2D eigenvalue weighted by molar-refractivity contribution is -0.121. The fraction of sp³-hybridized carbons (Fsp3) is 0.231. The van der Waals surface area contributed by atoms with Gasteiger partial charge in [-0.25, -0.2) is 5.01 Å². The summed E-state index contributed by atoms with van der Waals surface area (Å²) in [6.07, 6.45) is 0.760. The highest BCUT2D eigenvalue weighted by Crippen LogP contribution is 2.39. The molecule has 0 fully saturated rings. The van der Waals surface area contributed by atoms with Gasteiger partial charge in [-0.05, 0) is 48.2 Å². The first-order valence-electron chi connectivity index (χ1n) is 11.4. The third kappa shape index (κ3) is 5.31. The van der Waals surface area contributed by atoms with Crippen molar-refractivity contribution in [2.75, 3.05) is 11.9 Å². The molecule has 0 radical (unpaired) electrons. The average Bonchev–Trinajstić information content (AvgIpc) is 3.61. The molecule has 2 aliphatic heterocycles. The fourth-order valence-corrected chi connectivity index (χ4v) is 5.78. The molecule has 0 bridgehead atoms. The zero-order valence-electron chi connectivity index (χ0n) is 19.1. The first-order chi connectivity index (χ1) is 17.1. The molecule has 2 atom stereocenters. The molecule has 1 N–H and O–H groups in total. The molecule has 2 unspecified atom stereocenters. The number of carbonyl (C=O) groups excluding carboxylic acids is 2.